The van der Waals surface area contributed by atoms with Gasteiger partial charge in [-0.3, -0.25) is 9.69 Å². The fourth-order valence-corrected chi connectivity index (χ4v) is 7.64. The standard InChI is InChI=1S/C42H54N4O7/c1-51-36-18-14-31(40(30-12-8-7-9-13-30)45-42(50)53-38-28-46-23-20-29(38)21-24-46)26-37(36)52-25-11-6-4-2-3-5-10-22-43-27-35(48)32-15-17-34(47)41-33(32)16-19-39(49)44-41/h7-9,12-19,26,29,35,38,40,43,47-48H,2-6,10-11,20-25,27-28H2,1H3,(H,44,49)(H,45,50). The maximum Gasteiger partial charge on any atom is 0.408 e. The quantitative estimate of drug-likeness (QED) is 0.0677. The van der Waals surface area contributed by atoms with Gasteiger partial charge in [0.25, 0.3) is 0 Å². The molecule has 0 radical (unpaired) electrons. The molecule has 0 spiro atoms. The van der Waals surface area contributed by atoms with E-state index in [0.717, 1.165) is 95.1 Å². The number of hydrogen-bond acceptors (Lipinski definition) is 9. The number of fused-ring (bicyclic) bond motifs is 4. The van der Waals surface area contributed by atoms with E-state index in [1.807, 2.05) is 48.5 Å². The number of aliphatic hydroxyl groups excluding tert-OH is 1. The van der Waals surface area contributed by atoms with Gasteiger partial charge in [0.05, 0.1) is 31.4 Å². The first-order chi connectivity index (χ1) is 25.9. The number of unbranched alkanes of at least 4 members (excludes halogenated alkanes) is 6. The summed E-state index contributed by atoms with van der Waals surface area (Å²) in [5.41, 5.74) is 2.57. The van der Waals surface area contributed by atoms with Crippen LogP contribution in [0, 0.1) is 5.92 Å². The monoisotopic (exact) mass is 726 g/mol. The van der Waals surface area contributed by atoms with Crippen molar-refractivity contribution in [3.63, 3.8) is 0 Å². The second-order valence-corrected chi connectivity index (χ2v) is 14.3. The average Bonchev–Trinajstić information content (AvgIpc) is 3.18. The number of benzene rings is 3. The second kappa shape index (κ2) is 19.0. The van der Waals surface area contributed by atoms with Crippen LogP contribution in [0.4, 0.5) is 4.79 Å². The van der Waals surface area contributed by atoms with Gasteiger partial charge in [-0.15, -0.1) is 0 Å². The zero-order valence-electron chi connectivity index (χ0n) is 30.7. The number of aromatic nitrogens is 1. The molecule has 284 valence electrons. The number of rotatable bonds is 19. The van der Waals surface area contributed by atoms with Gasteiger partial charge in [-0.2, -0.15) is 0 Å². The minimum Gasteiger partial charge on any atom is -0.506 e. The Kier molecular flexibility index (Phi) is 13.6. The van der Waals surface area contributed by atoms with E-state index in [4.69, 9.17) is 14.2 Å². The van der Waals surface area contributed by atoms with Gasteiger partial charge < -0.3 is 40.0 Å². The number of amides is 1. The Morgan fingerprint density at radius 3 is 2.40 bits per heavy atom. The van der Waals surface area contributed by atoms with Crippen LogP contribution in [0.15, 0.2) is 77.6 Å². The molecule has 1 amide bonds. The molecule has 3 aliphatic heterocycles. The highest BCUT2D eigenvalue weighted by Crippen LogP contribution is 2.34. The highest BCUT2D eigenvalue weighted by molar-refractivity contribution is 5.87. The SMILES string of the molecule is COc1ccc(C(NC(=O)OC2CN3CCC2CC3)c2ccccc2)cc1OCCCCCCCCCNCC(O)c1ccc(O)c2[nH]c(=O)ccc12. The highest BCUT2D eigenvalue weighted by Gasteiger charge is 2.37. The van der Waals surface area contributed by atoms with E-state index in [-0.39, 0.29) is 17.4 Å². The molecular weight excluding hydrogens is 672 g/mol. The molecule has 5 N–H and O–H groups in total. The lowest BCUT2D eigenvalue weighted by Gasteiger charge is -2.43. The number of ether oxygens (including phenoxy) is 3. The summed E-state index contributed by atoms with van der Waals surface area (Å²) < 4.78 is 17.9. The fraction of sp³-hybridized carbons (Fsp3) is 0.476. The number of methoxy groups -OCH3 is 1. The zero-order chi connectivity index (χ0) is 37.0. The fourth-order valence-electron chi connectivity index (χ4n) is 7.64. The van der Waals surface area contributed by atoms with Crippen LogP contribution in [-0.4, -0.2) is 78.7 Å². The molecule has 3 fully saturated rings. The number of phenolic OH excluding ortho intramolecular Hbond substituents is 1. The van der Waals surface area contributed by atoms with Crippen LogP contribution < -0.4 is 25.7 Å². The number of alkyl carbamates (subject to hydrolysis) is 1. The maximum atomic E-state index is 13.2. The first-order valence-corrected chi connectivity index (χ1v) is 19.2. The van der Waals surface area contributed by atoms with Gasteiger partial charge in [-0.25, -0.2) is 4.79 Å². The van der Waals surface area contributed by atoms with Crippen molar-refractivity contribution in [2.24, 2.45) is 5.92 Å². The van der Waals surface area contributed by atoms with E-state index in [9.17, 15) is 19.8 Å². The number of carbonyl (C=O) groups is 1. The Morgan fingerprint density at radius 2 is 1.66 bits per heavy atom. The predicted octanol–water partition coefficient (Wildman–Crippen LogP) is 6.58. The van der Waals surface area contributed by atoms with E-state index in [0.29, 0.717) is 47.0 Å². The summed E-state index contributed by atoms with van der Waals surface area (Å²) in [6, 6.07) is 21.6. The van der Waals surface area contributed by atoms with Gasteiger partial charge in [0, 0.05) is 24.5 Å². The number of piperidine rings is 3. The van der Waals surface area contributed by atoms with Crippen LogP contribution in [0.1, 0.15) is 86.6 Å². The summed E-state index contributed by atoms with van der Waals surface area (Å²) in [5, 5.41) is 27.9. The van der Waals surface area contributed by atoms with E-state index < -0.39 is 18.2 Å². The molecule has 11 heteroatoms. The molecule has 3 aromatic carbocycles. The molecule has 2 bridgehead atoms. The van der Waals surface area contributed by atoms with Gasteiger partial charge in [-0.1, -0.05) is 74.6 Å². The molecule has 53 heavy (non-hydrogen) atoms. The van der Waals surface area contributed by atoms with Crippen LogP contribution in [0.25, 0.3) is 10.9 Å². The number of aliphatic hydroxyl groups is 1. The Morgan fingerprint density at radius 1 is 0.906 bits per heavy atom. The summed E-state index contributed by atoms with van der Waals surface area (Å²) in [5.74, 6) is 1.74. The molecule has 1 aromatic heterocycles. The molecule has 7 rings (SSSR count). The molecule has 0 saturated carbocycles. The number of aromatic amines is 1. The molecular formula is C42H54N4O7. The van der Waals surface area contributed by atoms with Gasteiger partial charge >= 0.3 is 6.09 Å². The molecule has 3 aliphatic rings. The van der Waals surface area contributed by atoms with Gasteiger partial charge in [0.15, 0.2) is 11.5 Å². The molecule has 4 heterocycles. The molecule has 3 atom stereocenters. The van der Waals surface area contributed by atoms with Crippen LogP contribution in [0.5, 0.6) is 17.2 Å². The number of hydrogen-bond donors (Lipinski definition) is 5. The van der Waals surface area contributed by atoms with Crippen molar-refractivity contribution in [2.75, 3.05) is 46.4 Å². The predicted molar refractivity (Wildman–Crippen MR) is 206 cm³/mol. The van der Waals surface area contributed by atoms with E-state index in [1.54, 1.807) is 19.2 Å². The minimum absolute atomic E-state index is 0.0133. The Bertz CT molecular complexity index is 1830. The van der Waals surface area contributed by atoms with Gasteiger partial charge in [-0.05, 0) is 92.2 Å². The Labute approximate surface area is 311 Å². The third-order valence-electron chi connectivity index (χ3n) is 10.6. The average molecular weight is 727 g/mol. The van der Waals surface area contributed by atoms with Crippen LogP contribution in [0.2, 0.25) is 0 Å². The van der Waals surface area contributed by atoms with Crippen molar-refractivity contribution in [3.05, 3.63) is 99.8 Å². The Hall–Kier alpha value is -4.58. The summed E-state index contributed by atoms with van der Waals surface area (Å²) in [6.45, 7) is 4.77. The van der Waals surface area contributed by atoms with Crippen molar-refractivity contribution in [1.29, 1.82) is 0 Å². The number of pyridine rings is 1. The highest BCUT2D eigenvalue weighted by atomic mass is 16.6. The van der Waals surface area contributed by atoms with Crippen LogP contribution in [0.3, 0.4) is 0 Å². The lowest BCUT2D eigenvalue weighted by atomic mass is 9.86. The van der Waals surface area contributed by atoms with Crippen LogP contribution in [-0.2, 0) is 4.74 Å². The number of nitrogens with one attached hydrogen (secondary N) is 3. The minimum atomic E-state index is -0.751. The molecule has 3 unspecified atom stereocenters. The summed E-state index contributed by atoms with van der Waals surface area (Å²) in [7, 11) is 1.64. The molecule has 3 saturated heterocycles. The van der Waals surface area contributed by atoms with E-state index in [2.05, 4.69) is 20.5 Å². The van der Waals surface area contributed by atoms with E-state index >= 15 is 0 Å². The third kappa shape index (κ3) is 10.3. The first-order valence-electron chi connectivity index (χ1n) is 19.2. The molecule has 4 aromatic rings. The summed E-state index contributed by atoms with van der Waals surface area (Å²) in [6.07, 6.45) is 8.50. The topological polar surface area (TPSA) is 145 Å². The van der Waals surface area contributed by atoms with Crippen LogP contribution >= 0.6 is 0 Å². The normalized spacial score (nSPS) is 19.1. The number of phenols is 1. The van der Waals surface area contributed by atoms with Crippen molar-refractivity contribution in [2.45, 2.75) is 76.0 Å². The Balaban J connectivity index is 0.895. The second-order valence-electron chi connectivity index (χ2n) is 14.3. The third-order valence-corrected chi connectivity index (χ3v) is 10.6. The van der Waals surface area contributed by atoms with Crippen molar-refractivity contribution >= 4 is 17.0 Å². The van der Waals surface area contributed by atoms with Gasteiger partial charge in [0.2, 0.25) is 5.56 Å². The summed E-state index contributed by atoms with van der Waals surface area (Å²) >= 11 is 0. The molecule has 11 nitrogen and oxygen atoms in total. The summed E-state index contributed by atoms with van der Waals surface area (Å²) in [4.78, 5) is 29.9. The largest absolute Gasteiger partial charge is 0.506 e. The lowest BCUT2D eigenvalue weighted by Crippen LogP contribution is -2.52. The maximum absolute atomic E-state index is 13.2. The van der Waals surface area contributed by atoms with E-state index in [1.165, 1.54) is 12.1 Å². The zero-order valence-corrected chi connectivity index (χ0v) is 30.7. The number of nitrogens with zero attached hydrogens (tertiary/aromatic N) is 1. The first kappa shape index (κ1) is 38.2. The molecule has 0 aliphatic carbocycles. The smallest absolute Gasteiger partial charge is 0.408 e. The lowest BCUT2D eigenvalue weighted by molar-refractivity contribution is -0.0336. The van der Waals surface area contributed by atoms with Crippen molar-refractivity contribution in [3.8, 4) is 17.2 Å². The number of aromatic hydroxyl groups is 1. The van der Waals surface area contributed by atoms with Crippen molar-refractivity contribution < 1.29 is 29.2 Å². The number of carbonyl (C=O) groups excluding carboxylic acids is 1. The number of H-pyrrole nitrogens is 1. The van der Waals surface area contributed by atoms with Crippen molar-refractivity contribution in [1.82, 2.24) is 20.5 Å². The van der Waals surface area contributed by atoms with Gasteiger partial charge in [0.1, 0.15) is 11.9 Å².